The van der Waals surface area contributed by atoms with Crippen molar-refractivity contribution in [2.75, 3.05) is 39.8 Å². The van der Waals surface area contributed by atoms with E-state index in [2.05, 4.69) is 20.9 Å². The second kappa shape index (κ2) is 8.05. The van der Waals surface area contributed by atoms with Crippen LogP contribution in [0.1, 0.15) is 19.8 Å². The van der Waals surface area contributed by atoms with Crippen LogP contribution in [-0.2, 0) is 9.59 Å². The lowest BCUT2D eigenvalue weighted by Crippen LogP contribution is -2.58. The highest BCUT2D eigenvalue weighted by molar-refractivity contribution is 5.82. The number of likely N-dealkylation sites (N-methyl/N-ethyl adjacent to an activating group) is 1. The average Bonchev–Trinajstić information content (AvgIpc) is 2.39. The van der Waals surface area contributed by atoms with Gasteiger partial charge in [0.2, 0.25) is 11.8 Å². The molecular formula is C12H24N4O2. The molecule has 1 rings (SSSR count). The molecule has 2 amide bonds. The van der Waals surface area contributed by atoms with E-state index >= 15 is 0 Å². The smallest absolute Gasteiger partial charge is 0.238 e. The van der Waals surface area contributed by atoms with E-state index in [0.717, 1.165) is 26.1 Å². The lowest BCUT2D eigenvalue weighted by molar-refractivity contribution is -0.127. The fourth-order valence-corrected chi connectivity index (χ4v) is 2.13. The Balaban J connectivity index is 2.39. The summed E-state index contributed by atoms with van der Waals surface area (Å²) < 4.78 is 0. The minimum Gasteiger partial charge on any atom is -0.359 e. The molecule has 1 aliphatic heterocycles. The summed E-state index contributed by atoms with van der Waals surface area (Å²) >= 11 is 0. The Morgan fingerprint density at radius 1 is 1.44 bits per heavy atom. The molecule has 1 unspecified atom stereocenters. The third kappa shape index (κ3) is 4.62. The normalized spacial score (nSPS) is 20.4. The monoisotopic (exact) mass is 256 g/mol. The van der Waals surface area contributed by atoms with Gasteiger partial charge in [0.05, 0.1) is 0 Å². The number of nitrogens with one attached hydrogen (secondary N) is 3. The maximum Gasteiger partial charge on any atom is 0.238 e. The lowest BCUT2D eigenvalue weighted by Gasteiger charge is -2.35. The van der Waals surface area contributed by atoms with Crippen LogP contribution in [-0.4, -0.2) is 62.5 Å². The molecule has 1 fully saturated rings. The molecule has 1 saturated heterocycles. The summed E-state index contributed by atoms with van der Waals surface area (Å²) in [5.74, 6) is 0.129. The quantitative estimate of drug-likeness (QED) is 0.565. The van der Waals surface area contributed by atoms with E-state index in [1.165, 1.54) is 0 Å². The Hall–Kier alpha value is -1.14. The first-order chi connectivity index (χ1) is 8.69. The Labute approximate surface area is 108 Å². The summed E-state index contributed by atoms with van der Waals surface area (Å²) in [5, 5.41) is 8.70. The molecule has 0 aromatic heterocycles. The predicted molar refractivity (Wildman–Crippen MR) is 70.2 cm³/mol. The van der Waals surface area contributed by atoms with E-state index in [1.54, 1.807) is 7.05 Å². The summed E-state index contributed by atoms with van der Waals surface area (Å²) in [6.45, 7) is 5.81. The standard InChI is InChI=1S/C12H24N4O2/c1-3-15-12(18)10-9-14-6-8-16(10)7-4-5-11(17)13-2/h10,14H,3-9H2,1-2H3,(H,13,17)(H,15,18). The Bertz CT molecular complexity index is 283. The highest BCUT2D eigenvalue weighted by atomic mass is 16.2. The van der Waals surface area contributed by atoms with Gasteiger partial charge in [0, 0.05) is 39.6 Å². The van der Waals surface area contributed by atoms with E-state index < -0.39 is 0 Å². The molecule has 0 saturated carbocycles. The van der Waals surface area contributed by atoms with Crippen molar-refractivity contribution in [2.24, 2.45) is 0 Å². The van der Waals surface area contributed by atoms with Gasteiger partial charge in [-0.05, 0) is 19.9 Å². The molecule has 0 spiro atoms. The second-order valence-electron chi connectivity index (χ2n) is 4.43. The molecular weight excluding hydrogens is 232 g/mol. The van der Waals surface area contributed by atoms with Crippen LogP contribution in [0, 0.1) is 0 Å². The summed E-state index contributed by atoms with van der Waals surface area (Å²) in [4.78, 5) is 25.2. The van der Waals surface area contributed by atoms with Gasteiger partial charge >= 0.3 is 0 Å². The van der Waals surface area contributed by atoms with E-state index in [4.69, 9.17) is 0 Å². The van der Waals surface area contributed by atoms with Crippen molar-refractivity contribution < 1.29 is 9.59 Å². The van der Waals surface area contributed by atoms with Crippen molar-refractivity contribution in [1.82, 2.24) is 20.9 Å². The first kappa shape index (κ1) is 14.9. The molecule has 0 aromatic rings. The van der Waals surface area contributed by atoms with Crippen molar-refractivity contribution in [3.63, 3.8) is 0 Å². The van der Waals surface area contributed by atoms with Crippen molar-refractivity contribution in [3.8, 4) is 0 Å². The van der Waals surface area contributed by atoms with Crippen LogP contribution in [0.2, 0.25) is 0 Å². The number of rotatable bonds is 6. The molecule has 0 radical (unpaired) electrons. The van der Waals surface area contributed by atoms with E-state index in [-0.39, 0.29) is 17.9 Å². The number of carbonyl (C=O) groups excluding carboxylic acids is 2. The fraction of sp³-hybridized carbons (Fsp3) is 0.833. The van der Waals surface area contributed by atoms with Crippen LogP contribution in [0.25, 0.3) is 0 Å². The molecule has 0 bridgehead atoms. The summed E-state index contributed by atoms with van der Waals surface area (Å²) in [6.07, 6.45) is 1.30. The number of hydrogen-bond acceptors (Lipinski definition) is 4. The number of nitrogens with zero attached hydrogens (tertiary/aromatic N) is 1. The van der Waals surface area contributed by atoms with Crippen LogP contribution >= 0.6 is 0 Å². The van der Waals surface area contributed by atoms with Gasteiger partial charge in [-0.1, -0.05) is 0 Å². The number of hydrogen-bond donors (Lipinski definition) is 3. The minimum absolute atomic E-state index is 0.0553. The van der Waals surface area contributed by atoms with Crippen LogP contribution < -0.4 is 16.0 Å². The maximum absolute atomic E-state index is 11.9. The predicted octanol–water partition coefficient (Wildman–Crippen LogP) is -1.08. The maximum atomic E-state index is 11.9. The molecule has 1 atom stereocenters. The van der Waals surface area contributed by atoms with Gasteiger partial charge in [0.1, 0.15) is 6.04 Å². The van der Waals surface area contributed by atoms with Crippen molar-refractivity contribution in [3.05, 3.63) is 0 Å². The summed E-state index contributed by atoms with van der Waals surface area (Å²) in [6, 6.07) is -0.108. The van der Waals surface area contributed by atoms with Gasteiger partial charge in [0.25, 0.3) is 0 Å². The third-order valence-electron chi connectivity index (χ3n) is 3.14. The molecule has 18 heavy (non-hydrogen) atoms. The second-order valence-corrected chi connectivity index (χ2v) is 4.43. The zero-order valence-electron chi connectivity index (χ0n) is 11.3. The first-order valence-electron chi connectivity index (χ1n) is 6.62. The van der Waals surface area contributed by atoms with Crippen molar-refractivity contribution in [1.29, 1.82) is 0 Å². The highest BCUT2D eigenvalue weighted by Crippen LogP contribution is 2.05. The summed E-state index contributed by atoms with van der Waals surface area (Å²) in [7, 11) is 1.64. The van der Waals surface area contributed by atoms with Gasteiger partial charge < -0.3 is 16.0 Å². The molecule has 0 aromatic carbocycles. The van der Waals surface area contributed by atoms with Gasteiger partial charge in [-0.25, -0.2) is 0 Å². The lowest BCUT2D eigenvalue weighted by atomic mass is 10.1. The van der Waals surface area contributed by atoms with Crippen molar-refractivity contribution in [2.45, 2.75) is 25.8 Å². The Morgan fingerprint density at radius 2 is 2.22 bits per heavy atom. The SMILES string of the molecule is CCNC(=O)C1CNCCN1CCCC(=O)NC. The van der Waals surface area contributed by atoms with Crippen LogP contribution in [0.15, 0.2) is 0 Å². The zero-order chi connectivity index (χ0) is 13.4. The first-order valence-corrected chi connectivity index (χ1v) is 6.62. The van der Waals surface area contributed by atoms with E-state index in [1.807, 2.05) is 6.92 Å². The van der Waals surface area contributed by atoms with Gasteiger partial charge in [-0.3, -0.25) is 14.5 Å². The molecule has 104 valence electrons. The van der Waals surface area contributed by atoms with E-state index in [9.17, 15) is 9.59 Å². The summed E-state index contributed by atoms with van der Waals surface area (Å²) in [5.41, 5.74) is 0. The van der Waals surface area contributed by atoms with Gasteiger partial charge in [0.15, 0.2) is 0 Å². The largest absolute Gasteiger partial charge is 0.359 e. The zero-order valence-corrected chi connectivity index (χ0v) is 11.3. The van der Waals surface area contributed by atoms with Crippen LogP contribution in [0.3, 0.4) is 0 Å². The topological polar surface area (TPSA) is 73.5 Å². The Kier molecular flexibility index (Phi) is 6.67. The van der Waals surface area contributed by atoms with E-state index in [0.29, 0.717) is 19.5 Å². The van der Waals surface area contributed by atoms with Crippen molar-refractivity contribution >= 4 is 11.8 Å². The molecule has 6 nitrogen and oxygen atoms in total. The molecule has 6 heteroatoms. The average molecular weight is 256 g/mol. The fourth-order valence-electron chi connectivity index (χ4n) is 2.13. The number of carbonyl (C=O) groups is 2. The van der Waals surface area contributed by atoms with Crippen LogP contribution in [0.4, 0.5) is 0 Å². The molecule has 0 aliphatic carbocycles. The third-order valence-corrected chi connectivity index (χ3v) is 3.14. The van der Waals surface area contributed by atoms with Gasteiger partial charge in [-0.15, -0.1) is 0 Å². The molecule has 1 heterocycles. The van der Waals surface area contributed by atoms with Crippen LogP contribution in [0.5, 0.6) is 0 Å². The van der Waals surface area contributed by atoms with Gasteiger partial charge in [-0.2, -0.15) is 0 Å². The number of amides is 2. The molecule has 1 aliphatic rings. The highest BCUT2D eigenvalue weighted by Gasteiger charge is 2.27. The Morgan fingerprint density at radius 3 is 2.89 bits per heavy atom. The molecule has 3 N–H and O–H groups in total. The minimum atomic E-state index is -0.108. The number of piperazine rings is 1.